The van der Waals surface area contributed by atoms with Crippen molar-refractivity contribution in [2.75, 3.05) is 24.3 Å². The lowest BCUT2D eigenvalue weighted by Gasteiger charge is -2.25. The summed E-state index contributed by atoms with van der Waals surface area (Å²) in [5.74, 6) is 0. The summed E-state index contributed by atoms with van der Waals surface area (Å²) in [6.45, 7) is 5.31. The lowest BCUT2D eigenvalue weighted by atomic mass is 9.92. The smallest absolute Gasteiger partial charge is 0.0794 e. The van der Waals surface area contributed by atoms with Gasteiger partial charge in [0.2, 0.25) is 0 Å². The molecule has 0 fully saturated rings. The molecule has 4 aromatic carbocycles. The lowest BCUT2D eigenvalue weighted by Crippen LogP contribution is -2.15. The van der Waals surface area contributed by atoms with E-state index in [0.717, 1.165) is 12.2 Å². The Kier molecular flexibility index (Phi) is 6.33. The van der Waals surface area contributed by atoms with Crippen molar-refractivity contribution >= 4 is 22.3 Å². The highest BCUT2D eigenvalue weighted by Crippen LogP contribution is 2.42. The monoisotopic (exact) mass is 459 g/mol. The van der Waals surface area contributed by atoms with Gasteiger partial charge in [-0.2, -0.15) is 0 Å². The van der Waals surface area contributed by atoms with Crippen molar-refractivity contribution < 1.29 is 0 Å². The Balaban J connectivity index is 1.80. The molecule has 0 saturated carbocycles. The van der Waals surface area contributed by atoms with Gasteiger partial charge in [-0.3, -0.25) is 0 Å². The van der Waals surface area contributed by atoms with Gasteiger partial charge in [0.05, 0.1) is 11.7 Å². The van der Waals surface area contributed by atoms with Gasteiger partial charge < -0.3 is 14.8 Å². The molecule has 5 aromatic rings. The normalized spacial score (nSPS) is 12.0. The van der Waals surface area contributed by atoms with Gasteiger partial charge >= 0.3 is 0 Å². The molecule has 0 spiro atoms. The van der Waals surface area contributed by atoms with Crippen LogP contribution in [0.4, 0.5) is 11.4 Å². The average molecular weight is 460 g/mol. The van der Waals surface area contributed by atoms with Gasteiger partial charge in [0.15, 0.2) is 0 Å². The van der Waals surface area contributed by atoms with Crippen LogP contribution >= 0.6 is 0 Å². The molecule has 1 aromatic heterocycles. The molecule has 0 amide bonds. The number of hydrogen-bond donors (Lipinski definition) is 1. The van der Waals surface area contributed by atoms with Gasteiger partial charge in [0.1, 0.15) is 0 Å². The van der Waals surface area contributed by atoms with Crippen LogP contribution in [-0.2, 0) is 6.54 Å². The van der Waals surface area contributed by atoms with Crippen LogP contribution in [-0.4, -0.2) is 18.7 Å². The highest BCUT2D eigenvalue weighted by atomic mass is 15.1. The second-order valence-electron chi connectivity index (χ2n) is 9.27. The van der Waals surface area contributed by atoms with E-state index in [1.165, 1.54) is 44.5 Å². The zero-order chi connectivity index (χ0) is 24.4. The maximum Gasteiger partial charge on any atom is 0.0794 e. The van der Waals surface area contributed by atoms with E-state index in [0.29, 0.717) is 0 Å². The van der Waals surface area contributed by atoms with E-state index in [1.807, 2.05) is 0 Å². The average Bonchev–Trinajstić information content (AvgIpc) is 3.23. The summed E-state index contributed by atoms with van der Waals surface area (Å²) < 4.78 is 2.46. The molecule has 35 heavy (non-hydrogen) atoms. The van der Waals surface area contributed by atoms with Crippen LogP contribution in [0.3, 0.4) is 0 Å². The van der Waals surface area contributed by atoms with Gasteiger partial charge in [0.25, 0.3) is 0 Å². The summed E-state index contributed by atoms with van der Waals surface area (Å²) in [6, 6.07) is 37.1. The molecule has 3 nitrogen and oxygen atoms in total. The van der Waals surface area contributed by atoms with Crippen molar-refractivity contribution in [2.24, 2.45) is 0 Å². The number of nitrogens with zero attached hydrogens (tertiary/aromatic N) is 2. The second-order valence-corrected chi connectivity index (χ2v) is 9.27. The molecule has 1 unspecified atom stereocenters. The molecule has 1 atom stereocenters. The summed E-state index contributed by atoms with van der Waals surface area (Å²) in [7, 11) is 4.17. The minimum Gasteiger partial charge on any atom is -0.378 e. The first-order chi connectivity index (χ1) is 17.1. The summed E-state index contributed by atoms with van der Waals surface area (Å²) in [4.78, 5) is 2.14. The Morgan fingerprint density at radius 3 is 2.11 bits per heavy atom. The quantitative estimate of drug-likeness (QED) is 0.267. The fourth-order valence-electron chi connectivity index (χ4n) is 5.04. The fraction of sp³-hybridized carbons (Fsp3) is 0.188. The molecule has 0 aliphatic heterocycles. The van der Waals surface area contributed by atoms with E-state index in [2.05, 4.69) is 146 Å². The molecule has 0 aliphatic carbocycles. The van der Waals surface area contributed by atoms with E-state index in [-0.39, 0.29) is 6.04 Å². The number of benzene rings is 4. The zero-order valence-corrected chi connectivity index (χ0v) is 21.0. The first kappa shape index (κ1) is 22.8. The number of para-hydroxylation sites is 2. The molecule has 1 N–H and O–H groups in total. The zero-order valence-electron chi connectivity index (χ0n) is 21.0. The number of hydrogen-bond acceptors (Lipinski definition) is 2. The van der Waals surface area contributed by atoms with E-state index in [4.69, 9.17) is 0 Å². The maximum absolute atomic E-state index is 3.94. The summed E-state index contributed by atoms with van der Waals surface area (Å²) in [5, 5.41) is 5.23. The van der Waals surface area contributed by atoms with Crippen LogP contribution in [0.2, 0.25) is 0 Å². The first-order valence-corrected chi connectivity index (χ1v) is 12.3. The SMILES string of the molecule is CCn1c(-c2ccccc2)c(C(Nc2ccccc2C)c2ccc(N(C)C)cc2)c2ccccc21. The van der Waals surface area contributed by atoms with Gasteiger partial charge in [-0.15, -0.1) is 0 Å². The molecule has 5 rings (SSSR count). The van der Waals surface area contributed by atoms with Gasteiger partial charge in [-0.05, 0) is 54.8 Å². The number of fused-ring (bicyclic) bond motifs is 1. The molecule has 0 radical (unpaired) electrons. The Hall–Kier alpha value is -3.98. The van der Waals surface area contributed by atoms with Crippen molar-refractivity contribution in [2.45, 2.75) is 26.4 Å². The Morgan fingerprint density at radius 1 is 0.771 bits per heavy atom. The summed E-state index contributed by atoms with van der Waals surface area (Å²) >= 11 is 0. The predicted molar refractivity (Wildman–Crippen MR) is 150 cm³/mol. The molecular formula is C32H33N3. The van der Waals surface area contributed by atoms with Gasteiger partial charge in [0, 0.05) is 48.5 Å². The van der Waals surface area contributed by atoms with Crippen molar-refractivity contribution in [3.05, 3.63) is 120 Å². The number of nitrogens with one attached hydrogen (secondary N) is 1. The van der Waals surface area contributed by atoms with Crippen molar-refractivity contribution in [1.82, 2.24) is 4.57 Å². The van der Waals surface area contributed by atoms with Crippen LogP contribution in [0.5, 0.6) is 0 Å². The van der Waals surface area contributed by atoms with Crippen molar-refractivity contribution in [1.29, 1.82) is 0 Å². The number of anilines is 2. The Bertz CT molecular complexity index is 1430. The lowest BCUT2D eigenvalue weighted by molar-refractivity contribution is 0.796. The Morgan fingerprint density at radius 2 is 1.43 bits per heavy atom. The van der Waals surface area contributed by atoms with Crippen molar-refractivity contribution in [3.8, 4) is 11.3 Å². The van der Waals surface area contributed by atoms with Crippen LogP contribution in [0.15, 0.2) is 103 Å². The van der Waals surface area contributed by atoms with Crippen molar-refractivity contribution in [3.63, 3.8) is 0 Å². The minimum absolute atomic E-state index is 0.0137. The van der Waals surface area contributed by atoms with Gasteiger partial charge in [-0.25, -0.2) is 0 Å². The molecule has 176 valence electrons. The largest absolute Gasteiger partial charge is 0.378 e. The molecular weight excluding hydrogens is 426 g/mol. The number of aromatic nitrogens is 1. The Labute approximate surface area is 208 Å². The summed E-state index contributed by atoms with van der Waals surface area (Å²) in [5.41, 5.74) is 9.93. The standard InChI is InChI=1S/C32H33N3/c1-5-35-29-18-12-10-16-27(29)30(32(35)25-14-7-6-8-15-25)31(33-28-17-11-9-13-23(28)2)24-19-21-26(22-20-24)34(3)4/h6-22,31,33H,5H2,1-4H3. The molecule has 1 heterocycles. The van der Waals surface area contributed by atoms with E-state index in [9.17, 15) is 0 Å². The molecule has 0 saturated heterocycles. The highest BCUT2D eigenvalue weighted by Gasteiger charge is 2.26. The highest BCUT2D eigenvalue weighted by molar-refractivity contribution is 5.93. The third-order valence-electron chi connectivity index (χ3n) is 6.85. The minimum atomic E-state index is -0.0137. The van der Waals surface area contributed by atoms with Crippen LogP contribution < -0.4 is 10.2 Å². The molecule has 0 aliphatic rings. The predicted octanol–water partition coefficient (Wildman–Crippen LogP) is 7.90. The first-order valence-electron chi connectivity index (χ1n) is 12.3. The van der Waals surface area contributed by atoms with E-state index in [1.54, 1.807) is 0 Å². The molecule has 3 heteroatoms. The second kappa shape index (κ2) is 9.71. The third-order valence-corrected chi connectivity index (χ3v) is 6.85. The van der Waals surface area contributed by atoms with E-state index >= 15 is 0 Å². The topological polar surface area (TPSA) is 20.2 Å². The van der Waals surface area contributed by atoms with Crippen LogP contribution in [0.25, 0.3) is 22.2 Å². The fourth-order valence-corrected chi connectivity index (χ4v) is 5.04. The molecule has 0 bridgehead atoms. The van der Waals surface area contributed by atoms with Gasteiger partial charge in [-0.1, -0.05) is 78.9 Å². The summed E-state index contributed by atoms with van der Waals surface area (Å²) in [6.07, 6.45) is 0. The number of rotatable bonds is 7. The maximum atomic E-state index is 3.94. The third kappa shape index (κ3) is 4.30. The van der Waals surface area contributed by atoms with Crippen LogP contribution in [0.1, 0.15) is 29.7 Å². The number of aryl methyl sites for hydroxylation is 2. The van der Waals surface area contributed by atoms with E-state index < -0.39 is 0 Å². The van der Waals surface area contributed by atoms with Crippen LogP contribution in [0, 0.1) is 6.92 Å².